The third-order valence-corrected chi connectivity index (χ3v) is 6.03. The molecular formula is C30H43N3O5. The molecule has 8 heteroatoms. The van der Waals surface area contributed by atoms with E-state index in [1.807, 2.05) is 31.2 Å². The van der Waals surface area contributed by atoms with E-state index in [2.05, 4.69) is 17.6 Å². The predicted octanol–water partition coefficient (Wildman–Crippen LogP) is 6.09. The number of ether oxygens (including phenoxy) is 1. The van der Waals surface area contributed by atoms with Crippen LogP contribution in [0, 0.1) is 6.92 Å². The summed E-state index contributed by atoms with van der Waals surface area (Å²) in [5.74, 6) is -0.712. The van der Waals surface area contributed by atoms with Crippen LogP contribution in [0.1, 0.15) is 83.4 Å². The number of hydrogen-bond donors (Lipinski definition) is 3. The van der Waals surface area contributed by atoms with Crippen molar-refractivity contribution in [2.45, 2.75) is 84.8 Å². The summed E-state index contributed by atoms with van der Waals surface area (Å²) in [4.78, 5) is 41.0. The van der Waals surface area contributed by atoms with Crippen molar-refractivity contribution in [1.29, 1.82) is 0 Å². The van der Waals surface area contributed by atoms with Crippen LogP contribution in [0.5, 0.6) is 5.75 Å². The van der Waals surface area contributed by atoms with Crippen LogP contribution in [0.3, 0.4) is 0 Å². The zero-order chi connectivity index (χ0) is 28.1. The van der Waals surface area contributed by atoms with Crippen LogP contribution in [0.2, 0.25) is 0 Å². The van der Waals surface area contributed by atoms with E-state index >= 15 is 0 Å². The van der Waals surface area contributed by atoms with E-state index in [0.29, 0.717) is 24.2 Å². The minimum absolute atomic E-state index is 0.0622. The van der Waals surface area contributed by atoms with Crippen LogP contribution >= 0.6 is 0 Å². The Hall–Kier alpha value is -3.55. The Bertz CT molecular complexity index is 1050. The van der Waals surface area contributed by atoms with Gasteiger partial charge in [-0.3, -0.25) is 9.59 Å². The standard InChI is InChI=1S/C30H43N3O5/c1-6-7-8-9-10-13-20-33(26(35)21-31-29(37)38-30(3,4)5)27(23-16-18-24(34)19-17-23)28(36)32-25-15-12-11-14-22(25)2/h11-12,14-19,27,34H,6-10,13,20-21H2,1-5H3,(H,31,37)(H,32,36). The first kappa shape index (κ1) is 30.7. The summed E-state index contributed by atoms with van der Waals surface area (Å²) in [6.45, 7) is 9.33. The van der Waals surface area contributed by atoms with Crippen LogP contribution in [-0.4, -0.2) is 46.6 Å². The van der Waals surface area contributed by atoms with E-state index in [9.17, 15) is 19.5 Å². The van der Waals surface area contributed by atoms with Crippen molar-refractivity contribution in [1.82, 2.24) is 10.2 Å². The minimum atomic E-state index is -0.959. The summed E-state index contributed by atoms with van der Waals surface area (Å²) < 4.78 is 5.27. The van der Waals surface area contributed by atoms with E-state index in [-0.39, 0.29) is 18.2 Å². The Morgan fingerprint density at radius 2 is 1.58 bits per heavy atom. The third kappa shape index (κ3) is 10.4. The van der Waals surface area contributed by atoms with Gasteiger partial charge in [0.25, 0.3) is 5.91 Å². The smallest absolute Gasteiger partial charge is 0.408 e. The number of aryl methyl sites for hydroxylation is 1. The molecule has 8 nitrogen and oxygen atoms in total. The molecule has 0 saturated heterocycles. The molecule has 0 aliphatic carbocycles. The number of aromatic hydroxyl groups is 1. The van der Waals surface area contributed by atoms with Gasteiger partial charge in [0.15, 0.2) is 0 Å². The maximum Gasteiger partial charge on any atom is 0.408 e. The zero-order valence-corrected chi connectivity index (χ0v) is 23.4. The zero-order valence-electron chi connectivity index (χ0n) is 23.4. The molecule has 0 bridgehead atoms. The highest BCUT2D eigenvalue weighted by molar-refractivity contribution is 5.98. The number of alkyl carbamates (subject to hydrolysis) is 1. The fourth-order valence-corrected chi connectivity index (χ4v) is 4.07. The van der Waals surface area contributed by atoms with E-state index in [1.54, 1.807) is 32.9 Å². The third-order valence-electron chi connectivity index (χ3n) is 6.03. The van der Waals surface area contributed by atoms with Crippen LogP contribution in [0.4, 0.5) is 10.5 Å². The highest BCUT2D eigenvalue weighted by Gasteiger charge is 2.32. The molecule has 0 aliphatic heterocycles. The molecule has 2 aromatic carbocycles. The SMILES string of the molecule is CCCCCCCCN(C(=O)CNC(=O)OC(C)(C)C)C(C(=O)Nc1ccccc1C)c1ccc(O)cc1. The van der Waals surface area contributed by atoms with Gasteiger partial charge in [0.05, 0.1) is 0 Å². The number of phenols is 1. The van der Waals surface area contributed by atoms with Crippen LogP contribution < -0.4 is 10.6 Å². The Kier molecular flexibility index (Phi) is 12.1. The van der Waals surface area contributed by atoms with Gasteiger partial charge >= 0.3 is 6.09 Å². The lowest BCUT2D eigenvalue weighted by Gasteiger charge is -2.32. The van der Waals surface area contributed by atoms with E-state index in [0.717, 1.165) is 37.7 Å². The normalized spacial score (nSPS) is 11.9. The number of nitrogens with one attached hydrogen (secondary N) is 2. The van der Waals surface area contributed by atoms with Crippen molar-refractivity contribution in [2.24, 2.45) is 0 Å². The highest BCUT2D eigenvalue weighted by atomic mass is 16.6. The van der Waals surface area contributed by atoms with Gasteiger partial charge in [-0.05, 0) is 63.4 Å². The second-order valence-electron chi connectivity index (χ2n) is 10.5. The number of carbonyl (C=O) groups is 3. The highest BCUT2D eigenvalue weighted by Crippen LogP contribution is 2.27. The molecule has 0 aliphatic rings. The van der Waals surface area contributed by atoms with Gasteiger partial charge in [-0.1, -0.05) is 69.4 Å². The molecule has 2 rings (SSSR count). The van der Waals surface area contributed by atoms with Crippen molar-refractivity contribution in [3.63, 3.8) is 0 Å². The molecule has 0 radical (unpaired) electrons. The first-order chi connectivity index (χ1) is 18.0. The number of rotatable bonds is 13. The molecule has 0 heterocycles. The Labute approximate surface area is 226 Å². The summed E-state index contributed by atoms with van der Waals surface area (Å²) >= 11 is 0. The summed E-state index contributed by atoms with van der Waals surface area (Å²) in [6, 6.07) is 12.7. The second-order valence-corrected chi connectivity index (χ2v) is 10.5. The predicted molar refractivity (Wildman–Crippen MR) is 150 cm³/mol. The number of unbranched alkanes of at least 4 members (excludes halogenated alkanes) is 5. The Morgan fingerprint density at radius 1 is 0.947 bits per heavy atom. The van der Waals surface area contributed by atoms with Gasteiger partial charge in [0, 0.05) is 12.2 Å². The van der Waals surface area contributed by atoms with Gasteiger partial charge < -0.3 is 25.4 Å². The molecule has 0 spiro atoms. The number of benzene rings is 2. The molecule has 208 valence electrons. The molecular weight excluding hydrogens is 482 g/mol. The topological polar surface area (TPSA) is 108 Å². The van der Waals surface area contributed by atoms with Gasteiger partial charge in [0.1, 0.15) is 23.9 Å². The maximum atomic E-state index is 13.7. The van der Waals surface area contributed by atoms with Gasteiger partial charge in [0.2, 0.25) is 5.91 Å². The van der Waals surface area contributed by atoms with Crippen LogP contribution in [-0.2, 0) is 14.3 Å². The van der Waals surface area contributed by atoms with Crippen molar-refractivity contribution in [3.05, 3.63) is 59.7 Å². The van der Waals surface area contributed by atoms with Crippen molar-refractivity contribution in [3.8, 4) is 5.75 Å². The summed E-state index contributed by atoms with van der Waals surface area (Å²) in [7, 11) is 0. The summed E-state index contributed by atoms with van der Waals surface area (Å²) in [6.07, 6.45) is 5.42. The number of amides is 3. The summed E-state index contributed by atoms with van der Waals surface area (Å²) in [5, 5.41) is 15.3. The molecule has 0 aromatic heterocycles. The summed E-state index contributed by atoms with van der Waals surface area (Å²) in [5.41, 5.74) is 1.41. The molecule has 1 atom stereocenters. The van der Waals surface area contributed by atoms with Crippen molar-refractivity contribution < 1.29 is 24.2 Å². The lowest BCUT2D eigenvalue weighted by atomic mass is 10.0. The van der Waals surface area contributed by atoms with Crippen LogP contribution in [0.25, 0.3) is 0 Å². The number of anilines is 1. The Balaban J connectivity index is 2.32. The lowest BCUT2D eigenvalue weighted by molar-refractivity contribution is -0.138. The molecule has 1 unspecified atom stereocenters. The van der Waals surface area contributed by atoms with Crippen molar-refractivity contribution in [2.75, 3.05) is 18.4 Å². The molecule has 0 fully saturated rings. The molecule has 3 amide bonds. The first-order valence-electron chi connectivity index (χ1n) is 13.4. The number of para-hydroxylation sites is 1. The van der Waals surface area contributed by atoms with E-state index in [4.69, 9.17) is 4.74 Å². The molecule has 2 aromatic rings. The van der Waals surface area contributed by atoms with Gasteiger partial charge in [-0.2, -0.15) is 0 Å². The number of carbonyl (C=O) groups excluding carboxylic acids is 3. The van der Waals surface area contributed by atoms with Gasteiger partial charge in [-0.25, -0.2) is 4.79 Å². The fourth-order valence-electron chi connectivity index (χ4n) is 4.07. The largest absolute Gasteiger partial charge is 0.508 e. The van der Waals surface area contributed by atoms with Crippen LogP contribution in [0.15, 0.2) is 48.5 Å². The monoisotopic (exact) mass is 525 g/mol. The average molecular weight is 526 g/mol. The maximum absolute atomic E-state index is 13.7. The first-order valence-corrected chi connectivity index (χ1v) is 13.4. The average Bonchev–Trinajstić information content (AvgIpc) is 2.85. The molecule has 0 saturated carbocycles. The van der Waals surface area contributed by atoms with Gasteiger partial charge in [-0.15, -0.1) is 0 Å². The number of hydrogen-bond acceptors (Lipinski definition) is 5. The molecule has 38 heavy (non-hydrogen) atoms. The number of phenolic OH excluding ortho intramolecular Hbond substituents is 1. The van der Waals surface area contributed by atoms with Crippen molar-refractivity contribution >= 4 is 23.6 Å². The second kappa shape index (κ2) is 15.0. The quantitative estimate of drug-likeness (QED) is 0.274. The van der Waals surface area contributed by atoms with E-state index in [1.165, 1.54) is 17.0 Å². The molecule has 3 N–H and O–H groups in total. The lowest BCUT2D eigenvalue weighted by Crippen LogP contribution is -2.47. The number of nitrogens with zero attached hydrogens (tertiary/aromatic N) is 1. The minimum Gasteiger partial charge on any atom is -0.508 e. The fraction of sp³-hybridized carbons (Fsp3) is 0.500. The Morgan fingerprint density at radius 3 is 2.21 bits per heavy atom. The van der Waals surface area contributed by atoms with E-state index < -0.39 is 23.6 Å².